The van der Waals surface area contributed by atoms with Crippen LogP contribution >= 0.6 is 0 Å². The third-order valence-corrected chi connectivity index (χ3v) is 4.20. The van der Waals surface area contributed by atoms with Crippen molar-refractivity contribution in [3.05, 3.63) is 24.5 Å². The molecule has 0 atom stereocenters. The van der Waals surface area contributed by atoms with Crippen molar-refractivity contribution in [3.63, 3.8) is 0 Å². The van der Waals surface area contributed by atoms with Gasteiger partial charge in [0.25, 0.3) is 0 Å². The normalized spacial score (nSPS) is 16.5. The second-order valence-electron chi connectivity index (χ2n) is 4.66. The monoisotopic (exact) mass is 249 g/mol. The van der Waals surface area contributed by atoms with Gasteiger partial charge in [0.15, 0.2) is 16.2 Å². The van der Waals surface area contributed by atoms with Crippen LogP contribution in [0.15, 0.2) is 23.1 Å². The Morgan fingerprint density at radius 2 is 2.24 bits per heavy atom. The molecule has 1 saturated carbocycles. The first kappa shape index (κ1) is 10.8. The third-order valence-electron chi connectivity index (χ3n) is 3.08. The standard InChI is InChI=1S/C12H13N2O2S/c1-17(15,16)11-4-2-3-10-12(11)14(8-13-10)7-9-5-6-9/h2-4,9H,5-7H2,1H3. The first-order valence-corrected chi connectivity index (χ1v) is 7.52. The minimum absolute atomic E-state index is 0.351. The Bertz CT molecular complexity index is 669. The van der Waals surface area contributed by atoms with Crippen LogP contribution < -0.4 is 0 Å². The molecule has 1 fully saturated rings. The van der Waals surface area contributed by atoms with E-state index in [-0.39, 0.29) is 0 Å². The van der Waals surface area contributed by atoms with Gasteiger partial charge in [0.1, 0.15) is 0 Å². The molecule has 0 unspecified atom stereocenters. The number of rotatable bonds is 3. The number of hydrogen-bond donors (Lipinski definition) is 0. The molecule has 1 aromatic carbocycles. The Kier molecular flexibility index (Phi) is 2.26. The van der Waals surface area contributed by atoms with Crippen LogP contribution in [0.25, 0.3) is 11.0 Å². The fraction of sp³-hybridized carbons (Fsp3) is 0.417. The lowest BCUT2D eigenvalue weighted by molar-refractivity contribution is 0.600. The Morgan fingerprint density at radius 3 is 2.88 bits per heavy atom. The summed E-state index contributed by atoms with van der Waals surface area (Å²) >= 11 is 0. The van der Waals surface area contributed by atoms with Gasteiger partial charge >= 0.3 is 0 Å². The van der Waals surface area contributed by atoms with Crippen molar-refractivity contribution in [2.45, 2.75) is 24.3 Å². The maximum absolute atomic E-state index is 11.7. The van der Waals surface area contributed by atoms with Crippen molar-refractivity contribution in [2.75, 3.05) is 6.26 Å². The van der Waals surface area contributed by atoms with E-state index in [9.17, 15) is 8.42 Å². The number of aromatic nitrogens is 2. The Hall–Kier alpha value is -1.36. The van der Waals surface area contributed by atoms with Crippen LogP contribution in [-0.2, 0) is 16.4 Å². The van der Waals surface area contributed by atoms with Crippen LogP contribution in [-0.4, -0.2) is 24.2 Å². The van der Waals surface area contributed by atoms with Crippen LogP contribution in [0.2, 0.25) is 0 Å². The second kappa shape index (κ2) is 3.57. The molecule has 3 rings (SSSR count). The molecule has 1 heterocycles. The van der Waals surface area contributed by atoms with Crippen LogP contribution in [0.3, 0.4) is 0 Å². The van der Waals surface area contributed by atoms with Gasteiger partial charge in [0, 0.05) is 12.8 Å². The van der Waals surface area contributed by atoms with Crippen LogP contribution in [0, 0.1) is 12.2 Å². The molecular formula is C12H13N2O2S. The van der Waals surface area contributed by atoms with Crippen molar-refractivity contribution in [3.8, 4) is 0 Å². The van der Waals surface area contributed by atoms with Gasteiger partial charge in [-0.05, 0) is 30.9 Å². The summed E-state index contributed by atoms with van der Waals surface area (Å²) in [7, 11) is -3.22. The van der Waals surface area contributed by atoms with E-state index in [0.29, 0.717) is 21.8 Å². The molecule has 0 N–H and O–H groups in total. The highest BCUT2D eigenvalue weighted by atomic mass is 32.2. The number of imidazole rings is 1. The third kappa shape index (κ3) is 1.95. The molecule has 1 aromatic heterocycles. The molecule has 0 spiro atoms. The molecule has 0 bridgehead atoms. The summed E-state index contributed by atoms with van der Waals surface area (Å²) < 4.78 is 25.3. The zero-order chi connectivity index (χ0) is 12.0. The Morgan fingerprint density at radius 1 is 1.47 bits per heavy atom. The zero-order valence-corrected chi connectivity index (χ0v) is 10.4. The lowest BCUT2D eigenvalue weighted by atomic mass is 10.3. The fourth-order valence-corrected chi connectivity index (χ4v) is 2.92. The Labute approximate surface area is 100 Å². The fourth-order valence-electron chi connectivity index (χ4n) is 2.03. The molecule has 1 aliphatic rings. The smallest absolute Gasteiger partial charge is 0.177 e. The molecule has 5 heteroatoms. The van der Waals surface area contributed by atoms with Gasteiger partial charge in [-0.1, -0.05) is 6.07 Å². The highest BCUT2D eigenvalue weighted by Gasteiger charge is 2.24. The van der Waals surface area contributed by atoms with Gasteiger partial charge in [-0.25, -0.2) is 13.4 Å². The van der Waals surface area contributed by atoms with Crippen LogP contribution in [0.4, 0.5) is 0 Å². The highest BCUT2D eigenvalue weighted by Crippen LogP contribution is 2.32. The predicted molar refractivity (Wildman–Crippen MR) is 64.4 cm³/mol. The van der Waals surface area contributed by atoms with Gasteiger partial charge in [0.2, 0.25) is 0 Å². The molecule has 89 valence electrons. The van der Waals surface area contributed by atoms with E-state index in [1.807, 2.05) is 10.6 Å². The minimum Gasteiger partial charge on any atom is -0.320 e. The number of para-hydroxylation sites is 1. The number of hydrogen-bond acceptors (Lipinski definition) is 3. The van der Waals surface area contributed by atoms with E-state index < -0.39 is 9.84 Å². The van der Waals surface area contributed by atoms with Crippen molar-refractivity contribution < 1.29 is 8.42 Å². The number of sulfone groups is 1. The van der Waals surface area contributed by atoms with E-state index in [0.717, 1.165) is 6.54 Å². The molecule has 1 radical (unpaired) electrons. The molecule has 4 nitrogen and oxygen atoms in total. The van der Waals surface area contributed by atoms with E-state index in [1.54, 1.807) is 12.1 Å². The first-order valence-electron chi connectivity index (χ1n) is 5.63. The number of fused-ring (bicyclic) bond motifs is 1. The average Bonchev–Trinajstić information content (AvgIpc) is 2.97. The zero-order valence-electron chi connectivity index (χ0n) is 9.55. The lowest BCUT2D eigenvalue weighted by Crippen LogP contribution is -2.04. The van der Waals surface area contributed by atoms with E-state index in [1.165, 1.54) is 19.1 Å². The van der Waals surface area contributed by atoms with Crippen molar-refractivity contribution in [2.24, 2.45) is 5.92 Å². The molecule has 0 saturated heterocycles. The molecule has 17 heavy (non-hydrogen) atoms. The molecule has 0 aliphatic heterocycles. The summed E-state index contributed by atoms with van der Waals surface area (Å²) in [6, 6.07) is 5.18. The maximum atomic E-state index is 11.7. The molecule has 2 aromatic rings. The number of benzene rings is 1. The van der Waals surface area contributed by atoms with Crippen molar-refractivity contribution in [1.29, 1.82) is 0 Å². The summed E-state index contributed by atoms with van der Waals surface area (Å²) in [6.45, 7) is 0.822. The van der Waals surface area contributed by atoms with Gasteiger partial charge in [-0.15, -0.1) is 0 Å². The maximum Gasteiger partial charge on any atom is 0.177 e. The van der Waals surface area contributed by atoms with Gasteiger partial charge < -0.3 is 4.57 Å². The van der Waals surface area contributed by atoms with Crippen molar-refractivity contribution >= 4 is 20.9 Å². The summed E-state index contributed by atoms with van der Waals surface area (Å²) in [5.74, 6) is 0.663. The molecular weight excluding hydrogens is 236 g/mol. The summed E-state index contributed by atoms with van der Waals surface area (Å²) in [4.78, 5) is 4.50. The van der Waals surface area contributed by atoms with E-state index >= 15 is 0 Å². The summed E-state index contributed by atoms with van der Waals surface area (Å²) in [6.07, 6.45) is 6.57. The average molecular weight is 249 g/mol. The largest absolute Gasteiger partial charge is 0.320 e. The van der Waals surface area contributed by atoms with E-state index in [4.69, 9.17) is 0 Å². The lowest BCUT2D eigenvalue weighted by Gasteiger charge is -2.06. The predicted octanol–water partition coefficient (Wildman–Crippen LogP) is 1.65. The van der Waals surface area contributed by atoms with Gasteiger partial charge in [-0.3, -0.25) is 0 Å². The van der Waals surface area contributed by atoms with Gasteiger partial charge in [-0.2, -0.15) is 0 Å². The SMILES string of the molecule is CS(=O)(=O)c1cccc2n[c]n(CC3CC3)c12. The Balaban J connectivity index is 2.23. The van der Waals surface area contributed by atoms with E-state index in [2.05, 4.69) is 11.3 Å². The van der Waals surface area contributed by atoms with Crippen molar-refractivity contribution in [1.82, 2.24) is 9.55 Å². The molecule has 0 amide bonds. The second-order valence-corrected chi connectivity index (χ2v) is 6.65. The quantitative estimate of drug-likeness (QED) is 0.831. The van der Waals surface area contributed by atoms with Crippen LogP contribution in [0.5, 0.6) is 0 Å². The summed E-state index contributed by atoms with van der Waals surface area (Å²) in [5.41, 5.74) is 1.40. The minimum atomic E-state index is -3.22. The first-order chi connectivity index (χ1) is 8.05. The number of nitrogens with zero attached hydrogens (tertiary/aromatic N) is 2. The van der Waals surface area contributed by atoms with Gasteiger partial charge in [0.05, 0.1) is 15.9 Å². The molecule has 1 aliphatic carbocycles. The summed E-state index contributed by atoms with van der Waals surface area (Å²) in [5, 5.41) is 0. The highest BCUT2D eigenvalue weighted by molar-refractivity contribution is 7.91. The topological polar surface area (TPSA) is 52.0 Å². The van der Waals surface area contributed by atoms with Crippen LogP contribution in [0.1, 0.15) is 12.8 Å².